The quantitative estimate of drug-likeness (QED) is 0.550. The van der Waals surface area contributed by atoms with E-state index in [0.29, 0.717) is 49.0 Å². The molecule has 0 bridgehead atoms. The largest absolute Gasteiger partial charge is 0.452 e. The van der Waals surface area contributed by atoms with Crippen LogP contribution in [0, 0.1) is 10.6 Å². The molecule has 2 amide bonds. The molecule has 2 aliphatic carbocycles. The first kappa shape index (κ1) is 20.9. The van der Waals surface area contributed by atoms with Gasteiger partial charge in [0.15, 0.2) is 9.92 Å². The van der Waals surface area contributed by atoms with Crippen molar-refractivity contribution >= 4 is 21.6 Å². The smallest absolute Gasteiger partial charge is 0.332 e. The predicted octanol–water partition coefficient (Wildman–Crippen LogP) is 4.04. The second-order valence-electron chi connectivity index (χ2n) is 8.23. The van der Waals surface area contributed by atoms with Crippen LogP contribution in [-0.2, 0) is 42.1 Å². The van der Waals surface area contributed by atoms with Gasteiger partial charge in [-0.3, -0.25) is 0 Å². The van der Waals surface area contributed by atoms with E-state index in [1.54, 1.807) is 0 Å². The maximum atomic E-state index is 14.8. The van der Waals surface area contributed by atoms with Crippen LogP contribution in [0.25, 0.3) is 0 Å². The molecule has 0 fully saturated rings. The fourth-order valence-electron chi connectivity index (χ4n) is 4.28. The number of carbonyl (C=O) groups excluding carboxylic acids is 1. The lowest BCUT2D eigenvalue weighted by molar-refractivity contribution is 0.256. The lowest BCUT2D eigenvalue weighted by Gasteiger charge is -2.17. The van der Waals surface area contributed by atoms with Gasteiger partial charge in [-0.2, -0.15) is 0 Å². The highest BCUT2D eigenvalue weighted by molar-refractivity contribution is 7.91. The van der Waals surface area contributed by atoms with E-state index in [1.165, 1.54) is 12.3 Å². The summed E-state index contributed by atoms with van der Waals surface area (Å²) in [6.07, 6.45) is 5.86. The van der Waals surface area contributed by atoms with Crippen LogP contribution < -0.4 is 15.4 Å². The highest BCUT2D eigenvalue weighted by Crippen LogP contribution is 2.40. The molecule has 4 N–H and O–H groups in total. The van der Waals surface area contributed by atoms with E-state index in [0.717, 1.165) is 29.5 Å². The Bertz CT molecular complexity index is 1060. The third-order valence-corrected chi connectivity index (χ3v) is 6.93. The van der Waals surface area contributed by atoms with E-state index in [9.17, 15) is 13.4 Å². The van der Waals surface area contributed by atoms with Crippen molar-refractivity contribution < 1.29 is 17.8 Å². The molecule has 30 heavy (non-hydrogen) atoms. The molecule has 0 saturated carbocycles. The maximum Gasteiger partial charge on any atom is 0.332 e. The van der Waals surface area contributed by atoms with Crippen LogP contribution >= 0.6 is 0 Å². The number of rotatable bonds is 6. The Morgan fingerprint density at radius 2 is 1.77 bits per heavy atom. The molecule has 0 aliphatic heterocycles. The van der Waals surface area contributed by atoms with Gasteiger partial charge < -0.3 is 15.1 Å². The van der Waals surface area contributed by atoms with Gasteiger partial charge in [0.25, 0.3) is 0 Å². The molecule has 1 aromatic heterocycles. The third kappa shape index (κ3) is 3.96. The molecule has 2 aliphatic rings. The lowest BCUT2D eigenvalue weighted by Crippen LogP contribution is -2.34. The Hall–Kier alpha value is -2.39. The molecular formula is C21H27FN4O3S. The molecule has 7 nitrogen and oxygen atoms in total. The summed E-state index contributed by atoms with van der Waals surface area (Å²) in [5.41, 5.74) is 4.41. The highest BCUT2D eigenvalue weighted by atomic mass is 32.2. The minimum atomic E-state index is -3.66. The third-order valence-electron chi connectivity index (χ3n) is 5.67. The fourth-order valence-corrected chi connectivity index (χ4v) is 5.19. The normalized spacial score (nSPS) is 16.9. The zero-order valence-corrected chi connectivity index (χ0v) is 18.0. The van der Waals surface area contributed by atoms with Gasteiger partial charge in [-0.1, -0.05) is 13.8 Å². The van der Waals surface area contributed by atoms with Crippen LogP contribution in [0.15, 0.2) is 21.8 Å². The van der Waals surface area contributed by atoms with Gasteiger partial charge in [-0.25, -0.2) is 22.9 Å². The van der Waals surface area contributed by atoms with Gasteiger partial charge in [-0.15, -0.1) is 0 Å². The molecule has 4 rings (SSSR count). The van der Waals surface area contributed by atoms with Crippen molar-refractivity contribution in [3.05, 3.63) is 46.0 Å². The Kier molecular flexibility index (Phi) is 5.59. The molecule has 162 valence electrons. The Labute approximate surface area is 175 Å². The fraction of sp³-hybridized carbons (Fsp3) is 0.476. The average Bonchev–Trinajstić information content (AvgIpc) is 3.43. The molecule has 0 radical (unpaired) electrons. The van der Waals surface area contributed by atoms with Crippen LogP contribution in [0.5, 0.6) is 0 Å². The van der Waals surface area contributed by atoms with E-state index in [1.807, 2.05) is 13.8 Å². The summed E-state index contributed by atoms with van der Waals surface area (Å²) in [7, 11) is -3.66. The van der Waals surface area contributed by atoms with E-state index < -0.39 is 15.9 Å². The van der Waals surface area contributed by atoms with E-state index in [4.69, 9.17) is 9.20 Å². The number of hydrogen-bond acceptors (Lipinski definition) is 5. The summed E-state index contributed by atoms with van der Waals surface area (Å²) >= 11 is 0. The Morgan fingerprint density at radius 3 is 2.37 bits per heavy atom. The number of urea groups is 1. The van der Waals surface area contributed by atoms with Crippen LogP contribution in [-0.4, -0.2) is 16.3 Å². The van der Waals surface area contributed by atoms with Crippen molar-refractivity contribution in [3.8, 4) is 0 Å². The molecule has 0 unspecified atom stereocenters. The predicted molar refractivity (Wildman–Crippen MR) is 112 cm³/mol. The van der Waals surface area contributed by atoms with Gasteiger partial charge in [0.05, 0.1) is 6.26 Å². The molecule has 1 heterocycles. The van der Waals surface area contributed by atoms with Crippen LogP contribution in [0.4, 0.5) is 14.9 Å². The number of benzene rings is 1. The van der Waals surface area contributed by atoms with E-state index >= 15 is 0 Å². The summed E-state index contributed by atoms with van der Waals surface area (Å²) < 4.78 is 43.2. The van der Waals surface area contributed by atoms with Gasteiger partial charge in [-0.05, 0) is 60.8 Å². The number of furan rings is 1. The summed E-state index contributed by atoms with van der Waals surface area (Å²) in [4.78, 5) is 12.6. The number of anilines is 1. The molecule has 9 heteroatoms. The number of fused-ring (bicyclic) bond motifs is 2. The average molecular weight is 435 g/mol. The first-order valence-electron chi connectivity index (χ1n) is 10.3. The van der Waals surface area contributed by atoms with Gasteiger partial charge in [0, 0.05) is 29.9 Å². The topological polar surface area (TPSA) is 107 Å². The van der Waals surface area contributed by atoms with Crippen molar-refractivity contribution in [1.82, 2.24) is 10.0 Å². The minimum absolute atomic E-state index is 0.104. The van der Waals surface area contributed by atoms with E-state index in [-0.39, 0.29) is 17.0 Å². The molecular weight excluding hydrogens is 407 g/mol. The first-order chi connectivity index (χ1) is 14.3. The molecule has 1 atom stereocenters. The lowest BCUT2D eigenvalue weighted by atomic mass is 9.98. The van der Waals surface area contributed by atoms with Gasteiger partial charge in [0.2, 0.25) is 5.09 Å². The van der Waals surface area contributed by atoms with Crippen molar-refractivity contribution in [3.63, 3.8) is 0 Å². The number of hydrogen-bond donors (Lipinski definition) is 4. The zero-order chi connectivity index (χ0) is 21.5. The molecule has 0 spiro atoms. The van der Waals surface area contributed by atoms with Crippen molar-refractivity contribution in [2.45, 2.75) is 70.1 Å². The second-order valence-corrected chi connectivity index (χ2v) is 9.95. The van der Waals surface area contributed by atoms with Crippen molar-refractivity contribution in [2.24, 2.45) is 0 Å². The zero-order valence-electron chi connectivity index (χ0n) is 17.2. The monoisotopic (exact) mass is 434 g/mol. The highest BCUT2D eigenvalue weighted by Gasteiger charge is 2.30. The SMILES string of the molecule is CC(C)NCc1coc([S@@](=N)(=O)NC(=O)Nc2c3c(c(F)c4c2CCC4)CCC3)c1. The van der Waals surface area contributed by atoms with Crippen LogP contribution in [0.1, 0.15) is 54.5 Å². The van der Waals surface area contributed by atoms with Gasteiger partial charge >= 0.3 is 6.03 Å². The summed E-state index contributed by atoms with van der Waals surface area (Å²) in [5, 5.41) is 5.88. The summed E-state index contributed by atoms with van der Waals surface area (Å²) in [6, 6.07) is 1.04. The number of nitrogens with one attached hydrogen (secondary N) is 4. The standard InChI is InChI=1S/C21H27FN4O3S/c1-12(2)24-10-13-9-18(29-11-13)30(23,28)26-21(27)25-20-16-7-3-5-14(16)19(22)15-6-4-8-17(15)20/h9,11-12,24H,3-8,10H2,1-2H3,(H3,23,25,26,27,28)/t30-/m0/s1. The van der Waals surface area contributed by atoms with Crippen molar-refractivity contribution in [2.75, 3.05) is 5.32 Å². The van der Waals surface area contributed by atoms with E-state index in [2.05, 4.69) is 15.4 Å². The first-order valence-corrected chi connectivity index (χ1v) is 11.9. The summed E-state index contributed by atoms with van der Waals surface area (Å²) in [6.45, 7) is 4.52. The maximum absolute atomic E-state index is 14.8. The minimum Gasteiger partial charge on any atom is -0.452 e. The van der Waals surface area contributed by atoms with Crippen LogP contribution in [0.2, 0.25) is 0 Å². The van der Waals surface area contributed by atoms with Gasteiger partial charge in [0.1, 0.15) is 5.82 Å². The number of carbonyl (C=O) groups is 1. The molecule has 2 aromatic rings. The summed E-state index contributed by atoms with van der Waals surface area (Å²) in [5.74, 6) is -0.122. The Morgan fingerprint density at radius 1 is 1.17 bits per heavy atom. The number of halogens is 1. The second kappa shape index (κ2) is 8.03. The molecule has 1 aromatic carbocycles. The molecule has 0 saturated heterocycles. The Balaban J connectivity index is 1.52. The van der Waals surface area contributed by atoms with Crippen molar-refractivity contribution in [1.29, 1.82) is 4.78 Å². The number of amides is 2. The van der Waals surface area contributed by atoms with Crippen LogP contribution in [0.3, 0.4) is 0 Å².